The van der Waals surface area contributed by atoms with E-state index in [2.05, 4.69) is 11.4 Å². The van der Waals surface area contributed by atoms with Gasteiger partial charge in [0.2, 0.25) is 11.8 Å². The first kappa shape index (κ1) is 19.9. The minimum atomic E-state index is -0.744. The van der Waals surface area contributed by atoms with Gasteiger partial charge in [0, 0.05) is 12.5 Å². The molecule has 6 nitrogen and oxygen atoms in total. The molecular formula is C23H20N2O4. The zero-order valence-electron chi connectivity index (χ0n) is 16.1. The Labute approximate surface area is 169 Å². The van der Waals surface area contributed by atoms with E-state index in [1.165, 1.54) is 6.92 Å². The lowest BCUT2D eigenvalue weighted by molar-refractivity contribution is -0.139. The van der Waals surface area contributed by atoms with Gasteiger partial charge in [-0.1, -0.05) is 60.7 Å². The summed E-state index contributed by atoms with van der Waals surface area (Å²) in [4.78, 5) is 24.7. The Morgan fingerprint density at radius 2 is 1.72 bits per heavy atom. The van der Waals surface area contributed by atoms with Crippen molar-refractivity contribution in [3.8, 4) is 6.07 Å². The van der Waals surface area contributed by atoms with Crippen LogP contribution >= 0.6 is 0 Å². The molecule has 146 valence electrons. The van der Waals surface area contributed by atoms with Crippen molar-refractivity contribution in [2.75, 3.05) is 6.61 Å². The zero-order valence-corrected chi connectivity index (χ0v) is 16.1. The van der Waals surface area contributed by atoms with Crippen LogP contribution in [-0.2, 0) is 19.1 Å². The van der Waals surface area contributed by atoms with E-state index >= 15 is 0 Å². The van der Waals surface area contributed by atoms with Gasteiger partial charge in [-0.25, -0.2) is 4.79 Å². The van der Waals surface area contributed by atoms with Gasteiger partial charge in [-0.2, -0.15) is 5.26 Å². The molecule has 0 radical (unpaired) electrons. The number of nitriles is 1. The van der Waals surface area contributed by atoms with Crippen molar-refractivity contribution in [2.24, 2.45) is 0 Å². The second kappa shape index (κ2) is 8.89. The number of hydrogen-bond donors (Lipinski definition) is 1. The normalized spacial score (nSPS) is 16.0. The molecule has 1 N–H and O–H groups in total. The molecule has 1 aliphatic heterocycles. The van der Waals surface area contributed by atoms with E-state index in [0.717, 1.165) is 0 Å². The van der Waals surface area contributed by atoms with Gasteiger partial charge in [-0.15, -0.1) is 0 Å². The minimum Gasteiger partial charge on any atom is -0.462 e. The summed E-state index contributed by atoms with van der Waals surface area (Å²) in [5.41, 5.74) is 1.73. The highest BCUT2D eigenvalue weighted by molar-refractivity contribution is 5.95. The quantitative estimate of drug-likeness (QED) is 0.790. The number of carbonyl (C=O) groups excluding carboxylic acids is 2. The summed E-state index contributed by atoms with van der Waals surface area (Å²) in [6.07, 6.45) is 0. The van der Waals surface area contributed by atoms with Crippen LogP contribution in [0.25, 0.3) is 5.76 Å². The van der Waals surface area contributed by atoms with Crippen molar-refractivity contribution >= 4 is 17.6 Å². The molecule has 1 amide bonds. The highest BCUT2D eigenvalue weighted by Crippen LogP contribution is 2.43. The zero-order chi connectivity index (χ0) is 20.8. The molecule has 0 aliphatic carbocycles. The number of amides is 1. The van der Waals surface area contributed by atoms with Crippen LogP contribution < -0.4 is 5.32 Å². The molecule has 0 saturated carbocycles. The topological polar surface area (TPSA) is 88.4 Å². The monoisotopic (exact) mass is 388 g/mol. The molecule has 3 rings (SSSR count). The van der Waals surface area contributed by atoms with E-state index in [1.54, 1.807) is 19.1 Å². The maximum Gasteiger partial charge on any atom is 0.340 e. The van der Waals surface area contributed by atoms with Gasteiger partial charge in [0.15, 0.2) is 5.76 Å². The van der Waals surface area contributed by atoms with Crippen molar-refractivity contribution in [2.45, 2.75) is 19.8 Å². The lowest BCUT2D eigenvalue weighted by Gasteiger charge is -2.29. The fourth-order valence-corrected chi connectivity index (χ4v) is 3.19. The van der Waals surface area contributed by atoms with E-state index in [4.69, 9.17) is 9.47 Å². The summed E-state index contributed by atoms with van der Waals surface area (Å²) in [5, 5.41) is 12.6. The summed E-state index contributed by atoms with van der Waals surface area (Å²) in [6, 6.07) is 20.4. The van der Waals surface area contributed by atoms with Crippen LogP contribution in [0.1, 0.15) is 30.9 Å². The SMILES string of the molecule is CCOC(=O)C1=C(NC(C)=O)OC(c2ccccc2)=C(C#N)C1c1ccccc1. The Hall–Kier alpha value is -3.85. The first-order valence-corrected chi connectivity index (χ1v) is 9.18. The first-order chi connectivity index (χ1) is 14.1. The minimum absolute atomic E-state index is 0.0253. The van der Waals surface area contributed by atoms with Gasteiger partial charge in [-0.3, -0.25) is 10.1 Å². The fraction of sp³-hybridized carbons (Fsp3) is 0.174. The van der Waals surface area contributed by atoms with E-state index in [-0.39, 0.29) is 23.6 Å². The maximum atomic E-state index is 12.8. The number of ether oxygens (including phenoxy) is 2. The lowest BCUT2D eigenvalue weighted by Crippen LogP contribution is -2.31. The lowest BCUT2D eigenvalue weighted by atomic mass is 9.82. The second-order valence-corrected chi connectivity index (χ2v) is 6.31. The summed E-state index contributed by atoms with van der Waals surface area (Å²) in [6.45, 7) is 3.16. The molecule has 0 spiro atoms. The summed E-state index contributed by atoms with van der Waals surface area (Å²) in [7, 11) is 0. The van der Waals surface area contributed by atoms with Crippen LogP contribution in [0.3, 0.4) is 0 Å². The predicted octanol–water partition coefficient (Wildman–Crippen LogP) is 3.65. The number of allylic oxidation sites excluding steroid dienone is 1. The van der Waals surface area contributed by atoms with Gasteiger partial charge in [-0.05, 0) is 12.5 Å². The smallest absolute Gasteiger partial charge is 0.340 e. The molecule has 6 heteroatoms. The molecule has 1 heterocycles. The van der Waals surface area contributed by atoms with E-state index in [1.807, 2.05) is 48.5 Å². The highest BCUT2D eigenvalue weighted by Gasteiger charge is 2.39. The number of nitrogens with zero attached hydrogens (tertiary/aromatic N) is 1. The van der Waals surface area contributed by atoms with Gasteiger partial charge < -0.3 is 9.47 Å². The second-order valence-electron chi connectivity index (χ2n) is 6.31. The van der Waals surface area contributed by atoms with Crippen LogP contribution in [0.15, 0.2) is 77.7 Å². The predicted molar refractivity (Wildman–Crippen MR) is 107 cm³/mol. The summed E-state index contributed by atoms with van der Waals surface area (Å²) >= 11 is 0. The third-order valence-electron chi connectivity index (χ3n) is 4.34. The molecule has 1 aliphatic rings. The first-order valence-electron chi connectivity index (χ1n) is 9.18. The Bertz CT molecular complexity index is 1020. The standard InChI is InChI=1S/C23H20N2O4/c1-3-28-23(27)20-19(16-10-6-4-7-11-16)18(14-24)21(17-12-8-5-9-13-17)29-22(20)25-15(2)26/h4-13,19H,3H2,1-2H3,(H,25,26). The van der Waals surface area contributed by atoms with Crippen LogP contribution in [0.4, 0.5) is 0 Å². The number of esters is 1. The molecule has 1 atom stereocenters. The number of rotatable bonds is 5. The molecule has 1 unspecified atom stereocenters. The number of carbonyl (C=O) groups is 2. The van der Waals surface area contributed by atoms with Gasteiger partial charge in [0.05, 0.1) is 24.2 Å². The fourth-order valence-electron chi connectivity index (χ4n) is 3.19. The molecule has 2 aromatic rings. The Morgan fingerprint density at radius 3 is 2.28 bits per heavy atom. The van der Waals surface area contributed by atoms with Crippen LogP contribution in [-0.4, -0.2) is 18.5 Å². The Balaban J connectivity index is 2.28. The average molecular weight is 388 g/mol. The molecule has 0 saturated heterocycles. The Kier molecular flexibility index (Phi) is 6.10. The number of benzene rings is 2. The molecule has 2 aromatic carbocycles. The highest BCUT2D eigenvalue weighted by atomic mass is 16.5. The number of nitrogens with one attached hydrogen (secondary N) is 1. The van der Waals surface area contributed by atoms with Crippen molar-refractivity contribution < 1.29 is 19.1 Å². The van der Waals surface area contributed by atoms with Gasteiger partial charge >= 0.3 is 5.97 Å². The third kappa shape index (κ3) is 4.19. The molecule has 0 bridgehead atoms. The van der Waals surface area contributed by atoms with Crippen molar-refractivity contribution in [3.63, 3.8) is 0 Å². The molecule has 0 aromatic heterocycles. The van der Waals surface area contributed by atoms with Crippen molar-refractivity contribution in [1.29, 1.82) is 5.26 Å². The molecule has 0 fully saturated rings. The van der Waals surface area contributed by atoms with Gasteiger partial charge in [0.1, 0.15) is 5.57 Å². The molecular weight excluding hydrogens is 368 g/mol. The van der Waals surface area contributed by atoms with Crippen LogP contribution in [0.5, 0.6) is 0 Å². The molecule has 29 heavy (non-hydrogen) atoms. The summed E-state index contributed by atoms with van der Waals surface area (Å²) in [5.74, 6) is -1.53. The maximum absolute atomic E-state index is 12.8. The van der Waals surface area contributed by atoms with Crippen LogP contribution in [0, 0.1) is 11.3 Å². The van der Waals surface area contributed by atoms with Crippen molar-refractivity contribution in [3.05, 3.63) is 88.8 Å². The third-order valence-corrected chi connectivity index (χ3v) is 4.34. The van der Waals surface area contributed by atoms with E-state index in [0.29, 0.717) is 16.9 Å². The van der Waals surface area contributed by atoms with Crippen molar-refractivity contribution in [1.82, 2.24) is 5.32 Å². The largest absolute Gasteiger partial charge is 0.462 e. The summed E-state index contributed by atoms with van der Waals surface area (Å²) < 4.78 is 11.1. The van der Waals surface area contributed by atoms with Gasteiger partial charge in [0.25, 0.3) is 0 Å². The number of hydrogen-bond acceptors (Lipinski definition) is 5. The average Bonchev–Trinajstić information content (AvgIpc) is 2.73. The van der Waals surface area contributed by atoms with E-state index in [9.17, 15) is 14.9 Å². The Morgan fingerprint density at radius 1 is 1.10 bits per heavy atom. The van der Waals surface area contributed by atoms with E-state index < -0.39 is 17.8 Å². The van der Waals surface area contributed by atoms with Crippen LogP contribution in [0.2, 0.25) is 0 Å².